The van der Waals surface area contributed by atoms with Crippen molar-refractivity contribution < 1.29 is 14.6 Å². The lowest BCUT2D eigenvalue weighted by Gasteiger charge is -2.29. The number of carboxylic acids is 1. The number of carbonyl (C=O) groups is 1. The van der Waals surface area contributed by atoms with Crippen LogP contribution in [-0.2, 0) is 17.6 Å². The summed E-state index contributed by atoms with van der Waals surface area (Å²) in [6, 6.07) is 8.31. The van der Waals surface area contributed by atoms with Gasteiger partial charge in [-0.15, -0.1) is 11.3 Å². The van der Waals surface area contributed by atoms with Crippen LogP contribution in [0.15, 0.2) is 24.3 Å². The predicted octanol–water partition coefficient (Wildman–Crippen LogP) is 5.10. The van der Waals surface area contributed by atoms with E-state index >= 15 is 0 Å². The Hall–Kier alpha value is -1.85. The van der Waals surface area contributed by atoms with E-state index in [0.717, 1.165) is 67.1 Å². The van der Waals surface area contributed by atoms with Crippen LogP contribution in [0.3, 0.4) is 0 Å². The lowest BCUT2D eigenvalue weighted by molar-refractivity contribution is 0.0696. The average Bonchev–Trinajstić information content (AvgIpc) is 3.25. The molecule has 150 valence electrons. The molecule has 1 fully saturated rings. The summed E-state index contributed by atoms with van der Waals surface area (Å²) in [6.07, 6.45) is 4.06. The molecule has 4 rings (SSSR count). The van der Waals surface area contributed by atoms with Gasteiger partial charge in [0, 0.05) is 42.2 Å². The lowest BCUT2D eigenvalue weighted by atomic mass is 9.76. The zero-order valence-electron chi connectivity index (χ0n) is 17.0. The molecule has 0 bridgehead atoms. The van der Waals surface area contributed by atoms with Crippen molar-refractivity contribution in [2.45, 2.75) is 39.5 Å². The Labute approximate surface area is 171 Å². The zero-order valence-corrected chi connectivity index (χ0v) is 17.8. The Morgan fingerprint density at radius 2 is 2.14 bits per heavy atom. The molecular weight excluding hydrogens is 370 g/mol. The van der Waals surface area contributed by atoms with E-state index in [2.05, 4.69) is 36.9 Å². The summed E-state index contributed by atoms with van der Waals surface area (Å²) in [5.74, 6) is -0.256. The molecule has 4 nitrogen and oxygen atoms in total. The third kappa shape index (κ3) is 3.58. The quantitative estimate of drug-likeness (QED) is 0.760. The predicted molar refractivity (Wildman–Crippen MR) is 115 cm³/mol. The zero-order chi connectivity index (χ0) is 19.9. The highest BCUT2D eigenvalue weighted by atomic mass is 32.1. The van der Waals surface area contributed by atoms with E-state index < -0.39 is 5.97 Å². The van der Waals surface area contributed by atoms with Crippen molar-refractivity contribution in [1.82, 2.24) is 0 Å². The standard InChI is InChI=1S/C23H29NO3S/c1-23(2)10-8-19-17(12-23)20(22(25)26)21(28-19)16-6-4-5-7-18(16)24-11-9-15(13-24)14-27-3/h4-7,15H,8-14H2,1-3H3,(H,25,26)/t15-/m1/s1. The molecule has 0 spiro atoms. The molecule has 0 saturated carbocycles. The minimum atomic E-state index is -0.793. The van der Waals surface area contributed by atoms with Crippen molar-refractivity contribution in [3.8, 4) is 10.4 Å². The van der Waals surface area contributed by atoms with E-state index in [-0.39, 0.29) is 5.41 Å². The van der Waals surface area contributed by atoms with E-state index in [1.165, 1.54) is 4.88 Å². The number of para-hydroxylation sites is 1. The van der Waals surface area contributed by atoms with Crippen molar-refractivity contribution >= 4 is 23.0 Å². The smallest absolute Gasteiger partial charge is 0.337 e. The highest BCUT2D eigenvalue weighted by molar-refractivity contribution is 7.16. The van der Waals surface area contributed by atoms with Gasteiger partial charge in [0.2, 0.25) is 0 Å². The van der Waals surface area contributed by atoms with Crippen molar-refractivity contribution in [3.63, 3.8) is 0 Å². The monoisotopic (exact) mass is 399 g/mol. The highest BCUT2D eigenvalue weighted by Crippen LogP contribution is 2.47. The van der Waals surface area contributed by atoms with Crippen molar-refractivity contribution in [2.75, 3.05) is 31.7 Å². The van der Waals surface area contributed by atoms with Gasteiger partial charge in [-0.05, 0) is 42.7 Å². The number of aromatic carboxylic acids is 1. The molecule has 2 heterocycles. The molecule has 1 aliphatic carbocycles. The van der Waals surface area contributed by atoms with Crippen molar-refractivity contribution in [1.29, 1.82) is 0 Å². The molecule has 0 unspecified atom stereocenters. The second-order valence-electron chi connectivity index (χ2n) is 8.93. The first-order valence-electron chi connectivity index (χ1n) is 10.1. The Balaban J connectivity index is 1.77. The molecule has 1 aliphatic heterocycles. The molecule has 0 radical (unpaired) electrons. The van der Waals surface area contributed by atoms with Gasteiger partial charge in [-0.3, -0.25) is 0 Å². The van der Waals surface area contributed by atoms with Crippen LogP contribution in [0.4, 0.5) is 5.69 Å². The topological polar surface area (TPSA) is 49.8 Å². The second kappa shape index (κ2) is 7.53. The van der Waals surface area contributed by atoms with Gasteiger partial charge in [0.25, 0.3) is 0 Å². The summed E-state index contributed by atoms with van der Waals surface area (Å²) in [5, 5.41) is 10.1. The van der Waals surface area contributed by atoms with Gasteiger partial charge in [0.1, 0.15) is 0 Å². The van der Waals surface area contributed by atoms with Crippen LogP contribution < -0.4 is 4.90 Å². The molecule has 1 atom stereocenters. The van der Waals surface area contributed by atoms with Gasteiger partial charge in [0.15, 0.2) is 0 Å². The molecule has 1 aromatic heterocycles. The van der Waals surface area contributed by atoms with Gasteiger partial charge >= 0.3 is 5.97 Å². The number of rotatable bonds is 5. The molecule has 0 amide bonds. The fourth-order valence-corrected chi connectivity index (χ4v) is 6.04. The number of thiophene rings is 1. The Morgan fingerprint density at radius 3 is 2.89 bits per heavy atom. The first-order valence-corrected chi connectivity index (χ1v) is 10.9. The third-order valence-electron chi connectivity index (χ3n) is 6.17. The van der Waals surface area contributed by atoms with Crippen molar-refractivity contribution in [3.05, 3.63) is 40.3 Å². The number of ether oxygens (including phenoxy) is 1. The number of methoxy groups -OCH3 is 1. The third-order valence-corrected chi connectivity index (χ3v) is 7.49. The van der Waals surface area contributed by atoms with Gasteiger partial charge in [-0.25, -0.2) is 4.79 Å². The van der Waals surface area contributed by atoms with Gasteiger partial charge in [0.05, 0.1) is 17.0 Å². The fraction of sp³-hybridized carbons (Fsp3) is 0.522. The Kier molecular flexibility index (Phi) is 5.23. The Bertz CT molecular complexity index is 886. The molecule has 5 heteroatoms. The normalized spacial score (nSPS) is 21.0. The highest BCUT2D eigenvalue weighted by Gasteiger charge is 2.34. The SMILES string of the molecule is COC[C@@H]1CCN(c2ccccc2-c2sc3c(c2C(=O)O)CC(C)(C)CC3)C1. The number of nitrogens with zero attached hydrogens (tertiary/aromatic N) is 1. The summed E-state index contributed by atoms with van der Waals surface area (Å²) in [4.78, 5) is 16.9. The number of fused-ring (bicyclic) bond motifs is 1. The molecule has 1 N–H and O–H groups in total. The molecule has 1 saturated heterocycles. The summed E-state index contributed by atoms with van der Waals surface area (Å²) < 4.78 is 5.35. The van der Waals surface area contributed by atoms with E-state index in [4.69, 9.17) is 4.74 Å². The first kappa shape index (κ1) is 19.5. The number of aryl methyl sites for hydroxylation is 1. The molecule has 2 aromatic rings. The number of benzene rings is 1. The van der Waals surface area contributed by atoms with Gasteiger partial charge in [-0.1, -0.05) is 32.0 Å². The van der Waals surface area contributed by atoms with Crippen LogP contribution in [0.2, 0.25) is 0 Å². The number of hydrogen-bond donors (Lipinski definition) is 1. The maximum atomic E-state index is 12.3. The summed E-state index contributed by atoms with van der Waals surface area (Å²) in [6.45, 7) is 7.22. The minimum Gasteiger partial charge on any atom is -0.478 e. The lowest BCUT2D eigenvalue weighted by Crippen LogP contribution is -2.22. The average molecular weight is 400 g/mol. The van der Waals surface area contributed by atoms with Crippen LogP contribution in [0.1, 0.15) is 47.5 Å². The second-order valence-corrected chi connectivity index (χ2v) is 10.0. The maximum Gasteiger partial charge on any atom is 0.337 e. The summed E-state index contributed by atoms with van der Waals surface area (Å²) in [5.41, 5.74) is 3.99. The maximum absolute atomic E-state index is 12.3. The Morgan fingerprint density at radius 1 is 1.36 bits per heavy atom. The van der Waals surface area contributed by atoms with Crippen LogP contribution in [0, 0.1) is 11.3 Å². The van der Waals surface area contributed by atoms with Gasteiger partial charge in [-0.2, -0.15) is 0 Å². The number of anilines is 1. The fourth-order valence-electron chi connectivity index (χ4n) is 4.70. The van der Waals surface area contributed by atoms with Crippen LogP contribution in [0.5, 0.6) is 0 Å². The molecule has 1 aromatic carbocycles. The van der Waals surface area contributed by atoms with Crippen LogP contribution in [-0.4, -0.2) is 37.9 Å². The van der Waals surface area contributed by atoms with Crippen LogP contribution in [0.25, 0.3) is 10.4 Å². The number of hydrogen-bond acceptors (Lipinski definition) is 4. The molecule has 28 heavy (non-hydrogen) atoms. The summed E-state index contributed by atoms with van der Waals surface area (Å²) in [7, 11) is 1.76. The van der Waals surface area contributed by atoms with E-state index in [1.807, 2.05) is 6.07 Å². The van der Waals surface area contributed by atoms with E-state index in [1.54, 1.807) is 18.4 Å². The largest absolute Gasteiger partial charge is 0.478 e. The molecular formula is C23H29NO3S. The van der Waals surface area contributed by atoms with Gasteiger partial charge < -0.3 is 14.7 Å². The number of carboxylic acid groups (broad SMARTS) is 1. The van der Waals surface area contributed by atoms with Crippen molar-refractivity contribution in [2.24, 2.45) is 11.3 Å². The van der Waals surface area contributed by atoms with Crippen LogP contribution >= 0.6 is 11.3 Å². The van der Waals surface area contributed by atoms with E-state index in [9.17, 15) is 9.90 Å². The van der Waals surface area contributed by atoms with E-state index in [0.29, 0.717) is 11.5 Å². The first-order chi connectivity index (χ1) is 13.4. The minimum absolute atomic E-state index is 0.164. The molecule has 2 aliphatic rings. The summed E-state index contributed by atoms with van der Waals surface area (Å²) >= 11 is 1.70.